The van der Waals surface area contributed by atoms with E-state index < -0.39 is 5.97 Å². The van der Waals surface area contributed by atoms with E-state index in [0.29, 0.717) is 0 Å². The number of carbonyl (C=O) groups is 1. The Kier molecular flexibility index (Phi) is 2.44. The Morgan fingerprint density at radius 3 is 3.00 bits per heavy atom. The molecule has 1 aliphatic carbocycles. The van der Waals surface area contributed by atoms with E-state index in [-0.39, 0.29) is 12.5 Å². The molecule has 3 N–H and O–H groups in total. The minimum atomic E-state index is -0.848. The highest BCUT2D eigenvalue weighted by Gasteiger charge is 2.12. The second-order valence-electron chi connectivity index (χ2n) is 2.55. The summed E-state index contributed by atoms with van der Waals surface area (Å²) >= 11 is 0. The molecule has 0 saturated heterocycles. The van der Waals surface area contributed by atoms with Crippen LogP contribution in [-0.2, 0) is 4.79 Å². The lowest BCUT2D eigenvalue weighted by molar-refractivity contribution is -0.137. The van der Waals surface area contributed by atoms with Gasteiger partial charge in [-0.05, 0) is 12.0 Å². The lowest BCUT2D eigenvalue weighted by Gasteiger charge is -2.07. The van der Waals surface area contributed by atoms with Crippen LogP contribution in [-0.4, -0.2) is 17.1 Å². The standard InChI is InChI=1S/C8H11NO2/c9-7(5-8(10)11)6-3-1-2-4-6/h1,3-4,7H,2,5,9H2,(H,10,11). The molecule has 0 bridgehead atoms. The Hall–Kier alpha value is -1.09. The van der Waals surface area contributed by atoms with Crippen LogP contribution in [0.3, 0.4) is 0 Å². The van der Waals surface area contributed by atoms with Crippen molar-refractivity contribution in [3.05, 3.63) is 23.8 Å². The third-order valence-electron chi connectivity index (χ3n) is 1.62. The maximum atomic E-state index is 10.2. The molecular formula is C8H11NO2. The van der Waals surface area contributed by atoms with Crippen molar-refractivity contribution < 1.29 is 9.90 Å². The number of rotatable bonds is 3. The molecule has 0 saturated carbocycles. The summed E-state index contributed by atoms with van der Waals surface area (Å²) in [6.07, 6.45) is 6.69. The van der Waals surface area contributed by atoms with Crippen molar-refractivity contribution in [1.82, 2.24) is 0 Å². The van der Waals surface area contributed by atoms with Gasteiger partial charge in [-0.25, -0.2) is 0 Å². The van der Waals surface area contributed by atoms with E-state index in [2.05, 4.69) is 0 Å². The molecule has 0 aromatic carbocycles. The van der Waals surface area contributed by atoms with Crippen LogP contribution >= 0.6 is 0 Å². The van der Waals surface area contributed by atoms with Crippen LogP contribution in [0.15, 0.2) is 23.8 Å². The molecule has 0 spiro atoms. The molecule has 0 heterocycles. The molecular weight excluding hydrogens is 142 g/mol. The van der Waals surface area contributed by atoms with Crippen LogP contribution in [0, 0.1) is 0 Å². The molecule has 1 atom stereocenters. The van der Waals surface area contributed by atoms with E-state index in [1.807, 2.05) is 18.2 Å². The van der Waals surface area contributed by atoms with Gasteiger partial charge in [0.05, 0.1) is 6.42 Å². The van der Waals surface area contributed by atoms with Gasteiger partial charge >= 0.3 is 5.97 Å². The fraction of sp³-hybridized carbons (Fsp3) is 0.375. The molecule has 0 radical (unpaired) electrons. The van der Waals surface area contributed by atoms with E-state index in [1.54, 1.807) is 0 Å². The van der Waals surface area contributed by atoms with Crippen molar-refractivity contribution in [1.29, 1.82) is 0 Å². The number of carboxylic acids is 1. The van der Waals surface area contributed by atoms with E-state index in [4.69, 9.17) is 10.8 Å². The highest BCUT2D eigenvalue weighted by molar-refractivity contribution is 5.68. The van der Waals surface area contributed by atoms with Gasteiger partial charge in [-0.3, -0.25) is 4.79 Å². The van der Waals surface area contributed by atoms with Gasteiger partial charge in [-0.1, -0.05) is 18.2 Å². The molecule has 3 heteroatoms. The molecule has 1 unspecified atom stereocenters. The average molecular weight is 153 g/mol. The number of carboxylic acid groups (broad SMARTS) is 1. The summed E-state index contributed by atoms with van der Waals surface area (Å²) in [6.45, 7) is 0. The second-order valence-corrected chi connectivity index (χ2v) is 2.55. The molecule has 11 heavy (non-hydrogen) atoms. The number of nitrogens with two attached hydrogens (primary N) is 1. The zero-order valence-corrected chi connectivity index (χ0v) is 6.16. The molecule has 0 amide bonds. The SMILES string of the molecule is NC(CC(=O)O)C1=CCC=C1. The zero-order valence-electron chi connectivity index (χ0n) is 6.16. The number of aliphatic carboxylic acids is 1. The first-order valence-electron chi connectivity index (χ1n) is 3.54. The third-order valence-corrected chi connectivity index (χ3v) is 1.62. The Morgan fingerprint density at radius 2 is 2.55 bits per heavy atom. The van der Waals surface area contributed by atoms with Gasteiger partial charge in [0, 0.05) is 6.04 Å². The van der Waals surface area contributed by atoms with Crippen molar-refractivity contribution >= 4 is 5.97 Å². The van der Waals surface area contributed by atoms with Crippen LogP contribution in [0.1, 0.15) is 12.8 Å². The number of allylic oxidation sites excluding steroid dienone is 2. The third kappa shape index (κ3) is 2.20. The maximum Gasteiger partial charge on any atom is 0.305 e. The molecule has 60 valence electrons. The minimum absolute atomic E-state index is 0.0101. The monoisotopic (exact) mass is 153 g/mol. The minimum Gasteiger partial charge on any atom is -0.481 e. The van der Waals surface area contributed by atoms with Crippen LogP contribution in [0.5, 0.6) is 0 Å². The fourth-order valence-corrected chi connectivity index (χ4v) is 1.06. The summed E-state index contributed by atoms with van der Waals surface area (Å²) in [6, 6.07) is -0.341. The van der Waals surface area contributed by atoms with E-state index in [9.17, 15) is 4.79 Å². The van der Waals surface area contributed by atoms with E-state index in [1.165, 1.54) is 0 Å². The molecule has 1 rings (SSSR count). The van der Waals surface area contributed by atoms with Gasteiger partial charge in [-0.15, -0.1) is 0 Å². The number of hydrogen-bond donors (Lipinski definition) is 2. The Balaban J connectivity index is 2.47. The maximum absolute atomic E-state index is 10.2. The zero-order chi connectivity index (χ0) is 8.27. The Bertz CT molecular complexity index is 218. The van der Waals surface area contributed by atoms with Gasteiger partial charge in [0.15, 0.2) is 0 Å². The average Bonchev–Trinajstić information content (AvgIpc) is 2.35. The van der Waals surface area contributed by atoms with Crippen molar-refractivity contribution in [2.75, 3.05) is 0 Å². The smallest absolute Gasteiger partial charge is 0.305 e. The predicted octanol–water partition coefficient (Wildman–Crippen LogP) is 0.675. The summed E-state index contributed by atoms with van der Waals surface area (Å²) in [7, 11) is 0. The molecule has 3 nitrogen and oxygen atoms in total. The van der Waals surface area contributed by atoms with Gasteiger partial charge in [-0.2, -0.15) is 0 Å². The molecule has 1 aliphatic rings. The van der Waals surface area contributed by atoms with Crippen LogP contribution < -0.4 is 5.73 Å². The van der Waals surface area contributed by atoms with Gasteiger partial charge < -0.3 is 10.8 Å². The largest absolute Gasteiger partial charge is 0.481 e. The summed E-state index contributed by atoms with van der Waals surface area (Å²) in [4.78, 5) is 10.2. The van der Waals surface area contributed by atoms with Crippen molar-refractivity contribution in [3.8, 4) is 0 Å². The summed E-state index contributed by atoms with van der Waals surface area (Å²) in [5.74, 6) is -0.848. The van der Waals surface area contributed by atoms with Crippen molar-refractivity contribution in [2.24, 2.45) is 5.73 Å². The van der Waals surface area contributed by atoms with Gasteiger partial charge in [0.25, 0.3) is 0 Å². The van der Waals surface area contributed by atoms with E-state index >= 15 is 0 Å². The Labute approximate surface area is 65.2 Å². The second kappa shape index (κ2) is 3.34. The van der Waals surface area contributed by atoms with Crippen molar-refractivity contribution in [3.63, 3.8) is 0 Å². The molecule has 0 fully saturated rings. The summed E-state index contributed by atoms with van der Waals surface area (Å²) in [5, 5.41) is 8.41. The van der Waals surface area contributed by atoms with Crippen molar-refractivity contribution in [2.45, 2.75) is 18.9 Å². The Morgan fingerprint density at radius 1 is 1.82 bits per heavy atom. The van der Waals surface area contributed by atoms with Crippen LogP contribution in [0.2, 0.25) is 0 Å². The molecule has 0 aliphatic heterocycles. The van der Waals surface area contributed by atoms with E-state index in [0.717, 1.165) is 12.0 Å². The molecule has 0 aromatic heterocycles. The first kappa shape index (κ1) is 8.01. The first-order chi connectivity index (χ1) is 5.20. The summed E-state index contributed by atoms with van der Waals surface area (Å²) < 4.78 is 0. The highest BCUT2D eigenvalue weighted by Crippen LogP contribution is 2.13. The fourth-order valence-electron chi connectivity index (χ4n) is 1.06. The van der Waals surface area contributed by atoms with Gasteiger partial charge in [0.2, 0.25) is 0 Å². The quantitative estimate of drug-likeness (QED) is 0.626. The lowest BCUT2D eigenvalue weighted by Crippen LogP contribution is -2.24. The predicted molar refractivity (Wildman–Crippen MR) is 42.1 cm³/mol. The topological polar surface area (TPSA) is 63.3 Å². The summed E-state index contributed by atoms with van der Waals surface area (Å²) in [5.41, 5.74) is 6.52. The van der Waals surface area contributed by atoms with Gasteiger partial charge in [0.1, 0.15) is 0 Å². The highest BCUT2D eigenvalue weighted by atomic mass is 16.4. The van der Waals surface area contributed by atoms with Crippen LogP contribution in [0.25, 0.3) is 0 Å². The van der Waals surface area contributed by atoms with Crippen LogP contribution in [0.4, 0.5) is 0 Å². The molecule has 0 aromatic rings. The number of hydrogen-bond acceptors (Lipinski definition) is 2. The normalized spacial score (nSPS) is 18.1. The lowest BCUT2D eigenvalue weighted by atomic mass is 10.1. The first-order valence-corrected chi connectivity index (χ1v) is 3.54.